The van der Waals surface area contributed by atoms with Crippen molar-refractivity contribution in [1.29, 1.82) is 0 Å². The monoisotopic (exact) mass is 158 g/mol. The van der Waals surface area contributed by atoms with Crippen LogP contribution in [0.3, 0.4) is 0 Å². The van der Waals surface area contributed by atoms with Gasteiger partial charge in [0, 0.05) is 6.42 Å². The van der Waals surface area contributed by atoms with E-state index in [2.05, 4.69) is 20.8 Å². The molecular weight excluding hydrogens is 148 g/mol. The van der Waals surface area contributed by atoms with E-state index in [9.17, 15) is 4.79 Å². The minimum absolute atomic E-state index is 0.0744. The molecule has 0 spiro atoms. The Balaban J connectivity index is 2.89. The van der Waals surface area contributed by atoms with Gasteiger partial charge in [0.1, 0.15) is 0 Å². The van der Waals surface area contributed by atoms with Crippen molar-refractivity contribution in [2.75, 3.05) is 0 Å². The van der Waals surface area contributed by atoms with E-state index in [0.717, 1.165) is 5.57 Å². The van der Waals surface area contributed by atoms with Gasteiger partial charge >= 0.3 is 0 Å². The quantitative estimate of drug-likeness (QED) is 0.530. The fourth-order valence-electron chi connectivity index (χ4n) is 0.972. The zero-order valence-electron chi connectivity index (χ0n) is 6.49. The lowest BCUT2D eigenvalue weighted by atomic mass is 9.77. The number of carbonyl (C=O) groups excluding carboxylic acids is 1. The molecule has 0 saturated heterocycles. The molecule has 2 heteroatoms. The highest BCUT2D eigenvalue weighted by Crippen LogP contribution is 2.40. The summed E-state index contributed by atoms with van der Waals surface area (Å²) in [5.74, 6) is 0.0894. The van der Waals surface area contributed by atoms with E-state index >= 15 is 0 Å². The Labute approximate surface area is 66.1 Å². The Bertz CT molecular complexity index is 208. The highest BCUT2D eigenvalue weighted by atomic mass is 35.5. The summed E-state index contributed by atoms with van der Waals surface area (Å²) in [5, 5.41) is 0.465. The highest BCUT2D eigenvalue weighted by Gasteiger charge is 2.32. The van der Waals surface area contributed by atoms with Gasteiger partial charge in [-0.25, -0.2) is 0 Å². The van der Waals surface area contributed by atoms with E-state index in [-0.39, 0.29) is 11.2 Å². The van der Waals surface area contributed by atoms with Gasteiger partial charge in [0.25, 0.3) is 0 Å². The molecule has 1 nitrogen and oxygen atoms in total. The maximum absolute atomic E-state index is 10.7. The first-order chi connectivity index (χ1) is 4.43. The Kier molecular flexibility index (Phi) is 1.63. The Morgan fingerprint density at radius 1 is 1.40 bits per heavy atom. The first kappa shape index (κ1) is 7.80. The number of allylic oxidation sites excluding steroid dienone is 2. The smallest absolute Gasteiger partial charge is 0.178 e. The number of hydrogen-bond donors (Lipinski definition) is 0. The summed E-state index contributed by atoms with van der Waals surface area (Å²) in [7, 11) is 0. The second kappa shape index (κ2) is 2.09. The van der Waals surface area contributed by atoms with Gasteiger partial charge in [0.2, 0.25) is 0 Å². The number of ketones is 1. The molecule has 0 heterocycles. The van der Waals surface area contributed by atoms with Crippen LogP contribution in [0.25, 0.3) is 0 Å². The third kappa shape index (κ3) is 1.10. The SMILES string of the molecule is CC(C)(C)C1=C(Cl)C(=O)C1. The molecule has 0 fully saturated rings. The number of rotatable bonds is 0. The Hall–Kier alpha value is -0.300. The zero-order valence-corrected chi connectivity index (χ0v) is 7.25. The van der Waals surface area contributed by atoms with Crippen LogP contribution in [0.4, 0.5) is 0 Å². The lowest BCUT2D eigenvalue weighted by Crippen LogP contribution is -2.24. The third-order valence-corrected chi connectivity index (χ3v) is 2.19. The maximum atomic E-state index is 10.7. The largest absolute Gasteiger partial charge is 0.293 e. The molecular formula is C8H11ClO. The summed E-state index contributed by atoms with van der Waals surface area (Å²) >= 11 is 5.68. The van der Waals surface area contributed by atoms with Crippen molar-refractivity contribution < 1.29 is 4.79 Å². The molecule has 0 N–H and O–H groups in total. The molecule has 0 atom stereocenters. The van der Waals surface area contributed by atoms with Crippen molar-refractivity contribution in [3.63, 3.8) is 0 Å². The van der Waals surface area contributed by atoms with Crippen LogP contribution >= 0.6 is 11.6 Å². The van der Waals surface area contributed by atoms with Gasteiger partial charge in [-0.1, -0.05) is 32.4 Å². The molecule has 0 unspecified atom stereocenters. The molecule has 0 bridgehead atoms. The maximum Gasteiger partial charge on any atom is 0.178 e. The molecule has 56 valence electrons. The molecule has 0 aromatic heterocycles. The minimum Gasteiger partial charge on any atom is -0.293 e. The van der Waals surface area contributed by atoms with Gasteiger partial charge in [-0.05, 0) is 11.0 Å². The van der Waals surface area contributed by atoms with Crippen molar-refractivity contribution >= 4 is 17.4 Å². The van der Waals surface area contributed by atoms with Crippen LogP contribution in [-0.2, 0) is 4.79 Å². The van der Waals surface area contributed by atoms with E-state index in [1.54, 1.807) is 0 Å². The molecule has 0 aromatic carbocycles. The standard InChI is InChI=1S/C8H11ClO/c1-8(2,3)5-4-6(10)7(5)9/h4H2,1-3H3. The lowest BCUT2D eigenvalue weighted by molar-refractivity contribution is -0.116. The van der Waals surface area contributed by atoms with E-state index < -0.39 is 0 Å². The molecule has 10 heavy (non-hydrogen) atoms. The second-order valence-corrected chi connectivity index (χ2v) is 4.02. The van der Waals surface area contributed by atoms with E-state index in [1.807, 2.05) is 0 Å². The van der Waals surface area contributed by atoms with Gasteiger partial charge < -0.3 is 0 Å². The number of halogens is 1. The van der Waals surface area contributed by atoms with Crippen LogP contribution in [0.1, 0.15) is 27.2 Å². The summed E-state index contributed by atoms with van der Waals surface area (Å²) in [6.45, 7) is 6.20. The molecule has 0 radical (unpaired) electrons. The molecule has 1 aliphatic rings. The summed E-state index contributed by atoms with van der Waals surface area (Å²) in [6, 6.07) is 0. The minimum atomic E-state index is 0.0744. The van der Waals surface area contributed by atoms with Gasteiger partial charge in [-0.15, -0.1) is 0 Å². The van der Waals surface area contributed by atoms with E-state index in [0.29, 0.717) is 11.5 Å². The number of carbonyl (C=O) groups is 1. The van der Waals surface area contributed by atoms with Gasteiger partial charge in [0.15, 0.2) is 5.78 Å². The summed E-state index contributed by atoms with van der Waals surface area (Å²) < 4.78 is 0. The molecule has 1 aliphatic carbocycles. The van der Waals surface area contributed by atoms with Crippen molar-refractivity contribution in [2.24, 2.45) is 5.41 Å². The molecule has 0 amide bonds. The predicted octanol–water partition coefficient (Wildman–Crippen LogP) is 2.50. The van der Waals surface area contributed by atoms with Crippen molar-refractivity contribution in [3.8, 4) is 0 Å². The number of hydrogen-bond acceptors (Lipinski definition) is 1. The van der Waals surface area contributed by atoms with Gasteiger partial charge in [-0.3, -0.25) is 4.79 Å². The topological polar surface area (TPSA) is 17.1 Å². The van der Waals surface area contributed by atoms with Gasteiger partial charge in [0.05, 0.1) is 5.03 Å². The molecule has 0 aromatic rings. The van der Waals surface area contributed by atoms with Crippen molar-refractivity contribution in [3.05, 3.63) is 10.6 Å². The van der Waals surface area contributed by atoms with Crippen LogP contribution in [0.2, 0.25) is 0 Å². The van der Waals surface area contributed by atoms with Crippen LogP contribution in [0, 0.1) is 5.41 Å². The summed E-state index contributed by atoms with van der Waals surface area (Å²) in [4.78, 5) is 10.7. The lowest BCUT2D eigenvalue weighted by Gasteiger charge is -2.29. The van der Waals surface area contributed by atoms with Crippen LogP contribution in [0.15, 0.2) is 10.6 Å². The fourth-order valence-corrected chi connectivity index (χ4v) is 1.39. The zero-order chi connectivity index (χ0) is 7.94. The summed E-state index contributed by atoms with van der Waals surface area (Å²) in [6.07, 6.45) is 0.558. The highest BCUT2D eigenvalue weighted by molar-refractivity contribution is 6.45. The van der Waals surface area contributed by atoms with Crippen molar-refractivity contribution in [1.82, 2.24) is 0 Å². The Morgan fingerprint density at radius 2 is 1.90 bits per heavy atom. The van der Waals surface area contributed by atoms with Crippen molar-refractivity contribution in [2.45, 2.75) is 27.2 Å². The van der Waals surface area contributed by atoms with Crippen LogP contribution in [0.5, 0.6) is 0 Å². The predicted molar refractivity (Wildman–Crippen MR) is 42.0 cm³/mol. The van der Waals surface area contributed by atoms with E-state index in [4.69, 9.17) is 11.6 Å². The first-order valence-corrected chi connectivity index (χ1v) is 3.73. The molecule has 1 rings (SSSR count). The number of Topliss-reactive ketones (excluding diaryl/α,β-unsaturated/α-hetero) is 1. The van der Waals surface area contributed by atoms with Crippen LogP contribution in [-0.4, -0.2) is 5.78 Å². The van der Waals surface area contributed by atoms with Crippen LogP contribution < -0.4 is 0 Å². The Morgan fingerprint density at radius 3 is 2.00 bits per heavy atom. The normalized spacial score (nSPS) is 19.4. The summed E-state index contributed by atoms with van der Waals surface area (Å²) in [5.41, 5.74) is 1.17. The average molecular weight is 159 g/mol. The first-order valence-electron chi connectivity index (χ1n) is 3.35. The van der Waals surface area contributed by atoms with Gasteiger partial charge in [-0.2, -0.15) is 0 Å². The average Bonchev–Trinajstić information content (AvgIpc) is 1.79. The second-order valence-electron chi connectivity index (χ2n) is 3.64. The third-order valence-electron chi connectivity index (χ3n) is 1.75. The fraction of sp³-hybridized carbons (Fsp3) is 0.625. The molecule has 0 saturated carbocycles. The van der Waals surface area contributed by atoms with E-state index in [1.165, 1.54) is 0 Å². The molecule has 0 aliphatic heterocycles.